The summed E-state index contributed by atoms with van der Waals surface area (Å²) in [6, 6.07) is 6.25. The summed E-state index contributed by atoms with van der Waals surface area (Å²) in [6.45, 7) is 0.458. The molecule has 1 heterocycles. The molecule has 1 saturated heterocycles. The number of carbonyl (C=O) groups is 1. The van der Waals surface area contributed by atoms with Crippen molar-refractivity contribution >= 4 is 5.91 Å². The quantitative estimate of drug-likeness (QED) is 0.928. The summed E-state index contributed by atoms with van der Waals surface area (Å²) in [5.74, 6) is -0.733. The molecule has 2 rings (SSSR count). The van der Waals surface area contributed by atoms with E-state index in [1.807, 2.05) is 0 Å². The number of hydrogen-bond donors (Lipinski definition) is 1. The van der Waals surface area contributed by atoms with Crippen LogP contribution < -0.4 is 5.73 Å². The van der Waals surface area contributed by atoms with Gasteiger partial charge in [-0.05, 0) is 31.5 Å². The molecule has 1 aliphatic rings. The van der Waals surface area contributed by atoms with Gasteiger partial charge in [0, 0.05) is 5.92 Å². The molecule has 1 aliphatic heterocycles. The van der Waals surface area contributed by atoms with Crippen LogP contribution in [0.1, 0.15) is 24.4 Å². The molecule has 0 saturated carbocycles. The van der Waals surface area contributed by atoms with Gasteiger partial charge in [0.15, 0.2) is 0 Å². The predicted molar refractivity (Wildman–Crippen MR) is 68.7 cm³/mol. The number of nitrogens with zero attached hydrogens (tertiary/aromatic N) is 1. The van der Waals surface area contributed by atoms with Crippen molar-refractivity contribution in [3.63, 3.8) is 0 Å². The van der Waals surface area contributed by atoms with Crippen LogP contribution in [0.25, 0.3) is 0 Å². The molecular weight excluding hydrogens is 269 g/mol. The molecular formula is C14H17F3N2O. The summed E-state index contributed by atoms with van der Waals surface area (Å²) < 4.78 is 39.9. The van der Waals surface area contributed by atoms with Gasteiger partial charge in [0.05, 0.1) is 0 Å². The van der Waals surface area contributed by atoms with Crippen LogP contribution in [0.3, 0.4) is 0 Å². The van der Waals surface area contributed by atoms with E-state index in [4.69, 9.17) is 5.73 Å². The number of halogens is 3. The van der Waals surface area contributed by atoms with Crippen LogP contribution in [0.15, 0.2) is 30.3 Å². The third-order valence-corrected chi connectivity index (χ3v) is 3.72. The van der Waals surface area contributed by atoms with Crippen molar-refractivity contribution in [1.29, 1.82) is 0 Å². The molecule has 1 amide bonds. The topological polar surface area (TPSA) is 46.3 Å². The number of amides is 1. The number of alkyl halides is 3. The van der Waals surface area contributed by atoms with Gasteiger partial charge in [0.25, 0.3) is 0 Å². The molecule has 2 N–H and O–H groups in total. The Balaban J connectivity index is 2.16. The summed E-state index contributed by atoms with van der Waals surface area (Å²) in [5, 5.41) is 0. The summed E-state index contributed by atoms with van der Waals surface area (Å²) in [7, 11) is 0. The number of benzene rings is 1. The molecule has 110 valence electrons. The molecule has 1 aromatic carbocycles. The van der Waals surface area contributed by atoms with E-state index in [1.165, 1.54) is 17.0 Å². The molecule has 0 bridgehead atoms. The largest absolute Gasteiger partial charge is 0.408 e. The number of likely N-dealkylation sites (tertiary alicyclic amines) is 1. The molecule has 1 atom stereocenters. The SMILES string of the molecule is NC(=O)C1CCN(C(c2ccccc2)C(F)(F)F)CC1. The van der Waals surface area contributed by atoms with E-state index in [0.29, 0.717) is 12.8 Å². The van der Waals surface area contributed by atoms with Crippen molar-refractivity contribution in [2.45, 2.75) is 25.1 Å². The van der Waals surface area contributed by atoms with Gasteiger partial charge in [-0.3, -0.25) is 9.69 Å². The lowest BCUT2D eigenvalue weighted by atomic mass is 9.93. The van der Waals surface area contributed by atoms with E-state index in [9.17, 15) is 18.0 Å². The third kappa shape index (κ3) is 3.30. The first-order chi connectivity index (χ1) is 9.39. The lowest BCUT2D eigenvalue weighted by Gasteiger charge is -2.37. The molecule has 0 spiro atoms. The van der Waals surface area contributed by atoms with Crippen LogP contribution in [-0.4, -0.2) is 30.1 Å². The minimum Gasteiger partial charge on any atom is -0.369 e. The second-order valence-electron chi connectivity index (χ2n) is 5.07. The molecule has 1 unspecified atom stereocenters. The Morgan fingerprint density at radius 1 is 1.20 bits per heavy atom. The van der Waals surface area contributed by atoms with Crippen molar-refractivity contribution in [2.75, 3.05) is 13.1 Å². The zero-order chi connectivity index (χ0) is 14.8. The maximum Gasteiger partial charge on any atom is 0.408 e. The van der Waals surface area contributed by atoms with Gasteiger partial charge in [-0.25, -0.2) is 0 Å². The Labute approximate surface area is 115 Å². The van der Waals surface area contributed by atoms with Crippen LogP contribution >= 0.6 is 0 Å². The number of carbonyl (C=O) groups excluding carboxylic acids is 1. The predicted octanol–water partition coefficient (Wildman–Crippen LogP) is 2.49. The number of nitrogens with two attached hydrogens (primary N) is 1. The van der Waals surface area contributed by atoms with Crippen molar-refractivity contribution in [3.8, 4) is 0 Å². The molecule has 1 aromatic rings. The smallest absolute Gasteiger partial charge is 0.369 e. The van der Waals surface area contributed by atoms with E-state index < -0.39 is 18.1 Å². The highest BCUT2D eigenvalue weighted by atomic mass is 19.4. The monoisotopic (exact) mass is 286 g/mol. The average molecular weight is 286 g/mol. The van der Waals surface area contributed by atoms with E-state index in [1.54, 1.807) is 18.2 Å². The fraction of sp³-hybridized carbons (Fsp3) is 0.500. The Hall–Kier alpha value is -1.56. The fourth-order valence-electron chi connectivity index (χ4n) is 2.68. The van der Waals surface area contributed by atoms with Crippen LogP contribution in [0.5, 0.6) is 0 Å². The van der Waals surface area contributed by atoms with Crippen molar-refractivity contribution in [2.24, 2.45) is 11.7 Å². The second-order valence-corrected chi connectivity index (χ2v) is 5.07. The molecule has 1 fully saturated rings. The van der Waals surface area contributed by atoms with E-state index in [2.05, 4.69) is 0 Å². The maximum absolute atomic E-state index is 13.3. The van der Waals surface area contributed by atoms with Crippen molar-refractivity contribution in [3.05, 3.63) is 35.9 Å². The van der Waals surface area contributed by atoms with E-state index in [0.717, 1.165) is 0 Å². The Morgan fingerprint density at radius 2 is 1.75 bits per heavy atom. The molecule has 3 nitrogen and oxygen atoms in total. The summed E-state index contributed by atoms with van der Waals surface area (Å²) in [6.07, 6.45) is -3.57. The average Bonchev–Trinajstić information content (AvgIpc) is 2.39. The van der Waals surface area contributed by atoms with Gasteiger partial charge in [-0.1, -0.05) is 30.3 Å². The van der Waals surface area contributed by atoms with Crippen molar-refractivity contribution < 1.29 is 18.0 Å². The first kappa shape index (κ1) is 14.8. The lowest BCUT2D eigenvalue weighted by Crippen LogP contribution is -2.45. The van der Waals surface area contributed by atoms with Crippen LogP contribution in [0.4, 0.5) is 13.2 Å². The van der Waals surface area contributed by atoms with Crippen molar-refractivity contribution in [1.82, 2.24) is 4.90 Å². The number of piperidine rings is 1. The first-order valence-corrected chi connectivity index (χ1v) is 6.54. The fourth-order valence-corrected chi connectivity index (χ4v) is 2.68. The first-order valence-electron chi connectivity index (χ1n) is 6.54. The van der Waals surface area contributed by atoms with Gasteiger partial charge in [0.1, 0.15) is 6.04 Å². The molecule has 0 aromatic heterocycles. The van der Waals surface area contributed by atoms with Crippen LogP contribution in [0.2, 0.25) is 0 Å². The number of rotatable bonds is 3. The Bertz CT molecular complexity index is 453. The molecule has 20 heavy (non-hydrogen) atoms. The van der Waals surface area contributed by atoms with Gasteiger partial charge in [0.2, 0.25) is 5.91 Å². The highest BCUT2D eigenvalue weighted by molar-refractivity contribution is 5.76. The summed E-state index contributed by atoms with van der Waals surface area (Å²) in [5.41, 5.74) is 5.44. The van der Waals surface area contributed by atoms with Crippen LogP contribution in [-0.2, 0) is 4.79 Å². The highest BCUT2D eigenvalue weighted by Gasteiger charge is 2.45. The number of hydrogen-bond acceptors (Lipinski definition) is 2. The second kappa shape index (κ2) is 5.83. The summed E-state index contributed by atoms with van der Waals surface area (Å²) in [4.78, 5) is 12.5. The maximum atomic E-state index is 13.3. The lowest BCUT2D eigenvalue weighted by molar-refractivity contribution is -0.189. The van der Waals surface area contributed by atoms with Gasteiger partial charge in [-0.2, -0.15) is 13.2 Å². The minimum atomic E-state index is -4.33. The van der Waals surface area contributed by atoms with Gasteiger partial charge in [-0.15, -0.1) is 0 Å². The highest BCUT2D eigenvalue weighted by Crippen LogP contribution is 2.39. The molecule has 0 radical (unpaired) electrons. The molecule has 0 aliphatic carbocycles. The van der Waals surface area contributed by atoms with Gasteiger partial charge < -0.3 is 5.73 Å². The van der Waals surface area contributed by atoms with Gasteiger partial charge >= 0.3 is 6.18 Å². The zero-order valence-electron chi connectivity index (χ0n) is 10.9. The summed E-state index contributed by atoms with van der Waals surface area (Å²) >= 11 is 0. The van der Waals surface area contributed by atoms with E-state index in [-0.39, 0.29) is 24.6 Å². The third-order valence-electron chi connectivity index (χ3n) is 3.72. The zero-order valence-corrected chi connectivity index (χ0v) is 10.9. The Kier molecular flexibility index (Phi) is 4.32. The molecule has 6 heteroatoms. The minimum absolute atomic E-state index is 0.229. The standard InChI is InChI=1S/C14H17F3N2O/c15-14(16,17)12(10-4-2-1-3-5-10)19-8-6-11(7-9-19)13(18)20/h1-5,11-12H,6-9H2,(H2,18,20). The van der Waals surface area contributed by atoms with Crippen LogP contribution in [0, 0.1) is 5.92 Å². The van der Waals surface area contributed by atoms with E-state index >= 15 is 0 Å². The Morgan fingerprint density at radius 3 is 2.20 bits per heavy atom. The number of primary amides is 1. The normalized spacial score (nSPS) is 19.8.